The maximum absolute atomic E-state index is 12.7. The van der Waals surface area contributed by atoms with Crippen LogP contribution < -0.4 is 5.32 Å². The lowest BCUT2D eigenvalue weighted by Crippen LogP contribution is -2.51. The van der Waals surface area contributed by atoms with Crippen molar-refractivity contribution in [2.75, 3.05) is 13.2 Å². The summed E-state index contributed by atoms with van der Waals surface area (Å²) in [7, 11) is 0. The van der Waals surface area contributed by atoms with E-state index in [1.165, 1.54) is 0 Å². The van der Waals surface area contributed by atoms with E-state index in [4.69, 9.17) is 16.3 Å². The number of aromatic nitrogens is 4. The third-order valence-corrected chi connectivity index (χ3v) is 4.65. The first-order valence-electron chi connectivity index (χ1n) is 7.57. The van der Waals surface area contributed by atoms with Gasteiger partial charge in [-0.15, -0.1) is 10.2 Å². The monoisotopic (exact) mass is 335 g/mol. The van der Waals surface area contributed by atoms with Gasteiger partial charge in [-0.3, -0.25) is 4.79 Å². The van der Waals surface area contributed by atoms with Crippen molar-refractivity contribution in [3.63, 3.8) is 0 Å². The molecule has 0 aliphatic carbocycles. The Morgan fingerprint density at radius 3 is 2.87 bits per heavy atom. The lowest BCUT2D eigenvalue weighted by atomic mass is 9.87. The van der Waals surface area contributed by atoms with Crippen molar-refractivity contribution < 1.29 is 9.53 Å². The number of hydrogen-bond donors (Lipinski definition) is 2. The van der Waals surface area contributed by atoms with Crippen LogP contribution >= 0.6 is 11.6 Å². The van der Waals surface area contributed by atoms with Crippen LogP contribution in [0.5, 0.6) is 0 Å². The Labute approximate surface area is 138 Å². The zero-order chi connectivity index (χ0) is 16.3. The number of tetrazole rings is 1. The quantitative estimate of drug-likeness (QED) is 0.893. The molecule has 1 amide bonds. The van der Waals surface area contributed by atoms with E-state index in [1.54, 1.807) is 18.2 Å². The molecule has 1 aromatic heterocycles. The van der Waals surface area contributed by atoms with Crippen molar-refractivity contribution in [3.8, 4) is 11.4 Å². The molecule has 1 aliphatic heterocycles. The van der Waals surface area contributed by atoms with Crippen LogP contribution in [-0.2, 0) is 4.74 Å². The van der Waals surface area contributed by atoms with Gasteiger partial charge in [-0.05, 0) is 42.7 Å². The molecule has 1 saturated heterocycles. The first-order valence-corrected chi connectivity index (χ1v) is 7.95. The van der Waals surface area contributed by atoms with Gasteiger partial charge in [0.25, 0.3) is 5.91 Å². The van der Waals surface area contributed by atoms with Gasteiger partial charge in [0.05, 0.1) is 5.02 Å². The van der Waals surface area contributed by atoms with Crippen LogP contribution in [-0.4, -0.2) is 45.3 Å². The van der Waals surface area contributed by atoms with Crippen molar-refractivity contribution in [1.29, 1.82) is 0 Å². The van der Waals surface area contributed by atoms with Crippen LogP contribution in [0.2, 0.25) is 5.02 Å². The van der Waals surface area contributed by atoms with Crippen LogP contribution in [0.25, 0.3) is 11.4 Å². The Bertz CT molecular complexity index is 683. The number of carbonyl (C=O) groups excluding carboxylic acids is 1. The van der Waals surface area contributed by atoms with Gasteiger partial charge in [0, 0.05) is 29.9 Å². The Hall–Kier alpha value is -1.99. The van der Waals surface area contributed by atoms with Crippen LogP contribution in [0.4, 0.5) is 0 Å². The van der Waals surface area contributed by atoms with Gasteiger partial charge >= 0.3 is 0 Å². The topological polar surface area (TPSA) is 92.8 Å². The second kappa shape index (κ2) is 6.64. The molecule has 1 fully saturated rings. The molecule has 23 heavy (non-hydrogen) atoms. The molecule has 0 atom stereocenters. The molecule has 0 saturated carbocycles. The molecule has 7 nitrogen and oxygen atoms in total. The smallest absolute Gasteiger partial charge is 0.251 e. The average molecular weight is 336 g/mol. The molecule has 0 bridgehead atoms. The Morgan fingerprint density at radius 1 is 1.43 bits per heavy atom. The molecule has 2 aromatic rings. The molecule has 2 heterocycles. The van der Waals surface area contributed by atoms with Crippen molar-refractivity contribution in [1.82, 2.24) is 25.9 Å². The first-order chi connectivity index (χ1) is 11.1. The fraction of sp³-hybridized carbons (Fsp3) is 0.467. The van der Waals surface area contributed by atoms with E-state index in [0.29, 0.717) is 35.2 Å². The Balaban J connectivity index is 1.84. The first kappa shape index (κ1) is 15.9. The summed E-state index contributed by atoms with van der Waals surface area (Å²) in [6.07, 6.45) is 2.51. The maximum atomic E-state index is 12.7. The zero-order valence-corrected chi connectivity index (χ0v) is 13.6. The molecule has 0 unspecified atom stereocenters. The van der Waals surface area contributed by atoms with E-state index < -0.39 is 0 Å². The standard InChI is InChI=1S/C15H18ClN5O2/c1-2-15(5-7-23-8-6-15)17-14(22)10-3-4-12(16)11(9-10)13-18-20-21-19-13/h3-4,9H,2,5-8H2,1H3,(H,17,22)(H,18,19,20,21). The van der Waals surface area contributed by atoms with Gasteiger partial charge in [0.15, 0.2) is 0 Å². The van der Waals surface area contributed by atoms with Crippen molar-refractivity contribution >= 4 is 17.5 Å². The fourth-order valence-electron chi connectivity index (χ4n) is 2.76. The highest BCUT2D eigenvalue weighted by Gasteiger charge is 2.32. The number of amides is 1. The molecule has 0 radical (unpaired) electrons. The molecule has 8 heteroatoms. The van der Waals surface area contributed by atoms with Crippen molar-refractivity contribution in [3.05, 3.63) is 28.8 Å². The second-order valence-corrected chi connectivity index (χ2v) is 6.04. The number of rotatable bonds is 4. The zero-order valence-electron chi connectivity index (χ0n) is 12.8. The highest BCUT2D eigenvalue weighted by molar-refractivity contribution is 6.33. The highest BCUT2D eigenvalue weighted by Crippen LogP contribution is 2.28. The SMILES string of the molecule is CCC1(NC(=O)c2ccc(Cl)c(-c3nn[nH]n3)c2)CCOCC1. The van der Waals surface area contributed by atoms with Crippen LogP contribution in [0.1, 0.15) is 36.5 Å². The van der Waals surface area contributed by atoms with Crippen LogP contribution in [0.15, 0.2) is 18.2 Å². The Morgan fingerprint density at radius 2 is 2.22 bits per heavy atom. The minimum Gasteiger partial charge on any atom is -0.381 e. The van der Waals surface area contributed by atoms with Crippen molar-refractivity contribution in [2.45, 2.75) is 31.7 Å². The summed E-state index contributed by atoms with van der Waals surface area (Å²) >= 11 is 6.17. The number of nitrogens with one attached hydrogen (secondary N) is 2. The highest BCUT2D eigenvalue weighted by atomic mass is 35.5. The summed E-state index contributed by atoms with van der Waals surface area (Å²) in [5.74, 6) is 0.232. The summed E-state index contributed by atoms with van der Waals surface area (Å²) in [4.78, 5) is 12.7. The van der Waals surface area contributed by atoms with E-state index >= 15 is 0 Å². The Kier molecular flexibility index (Phi) is 4.58. The second-order valence-electron chi connectivity index (χ2n) is 5.63. The third kappa shape index (κ3) is 3.35. The molecule has 0 spiro atoms. The van der Waals surface area contributed by atoms with E-state index in [9.17, 15) is 4.79 Å². The number of hydrogen-bond acceptors (Lipinski definition) is 5. The number of H-pyrrole nitrogens is 1. The average Bonchev–Trinajstić information content (AvgIpc) is 3.10. The van der Waals surface area contributed by atoms with E-state index in [2.05, 4.69) is 32.9 Å². The molecular formula is C15H18ClN5O2. The number of carbonyl (C=O) groups is 1. The summed E-state index contributed by atoms with van der Waals surface area (Å²) in [6, 6.07) is 5.06. The van der Waals surface area contributed by atoms with Crippen LogP contribution in [0.3, 0.4) is 0 Å². The summed E-state index contributed by atoms with van der Waals surface area (Å²) in [5, 5.41) is 17.4. The van der Waals surface area contributed by atoms with E-state index in [-0.39, 0.29) is 11.4 Å². The summed E-state index contributed by atoms with van der Waals surface area (Å²) in [5.41, 5.74) is 0.889. The molecule has 1 aliphatic rings. The van der Waals surface area contributed by atoms with E-state index in [0.717, 1.165) is 19.3 Å². The minimum atomic E-state index is -0.207. The molecule has 122 valence electrons. The number of benzene rings is 1. The van der Waals surface area contributed by atoms with E-state index in [1.807, 2.05) is 0 Å². The number of halogens is 1. The normalized spacial score (nSPS) is 17.0. The molecule has 1 aromatic carbocycles. The molecular weight excluding hydrogens is 318 g/mol. The van der Waals surface area contributed by atoms with Crippen molar-refractivity contribution in [2.24, 2.45) is 0 Å². The van der Waals surface area contributed by atoms with Gasteiger partial charge in [0.2, 0.25) is 5.82 Å². The van der Waals surface area contributed by atoms with Gasteiger partial charge < -0.3 is 10.1 Å². The lowest BCUT2D eigenvalue weighted by Gasteiger charge is -2.37. The maximum Gasteiger partial charge on any atom is 0.251 e. The largest absolute Gasteiger partial charge is 0.381 e. The fourth-order valence-corrected chi connectivity index (χ4v) is 2.96. The van der Waals surface area contributed by atoms with Crippen LogP contribution in [0, 0.1) is 0 Å². The van der Waals surface area contributed by atoms with Gasteiger partial charge in [-0.2, -0.15) is 5.21 Å². The summed E-state index contributed by atoms with van der Waals surface area (Å²) in [6.45, 7) is 3.42. The third-order valence-electron chi connectivity index (χ3n) is 4.32. The number of ether oxygens (including phenoxy) is 1. The molecule has 3 rings (SSSR count). The van der Waals surface area contributed by atoms with Gasteiger partial charge in [-0.25, -0.2) is 0 Å². The molecule has 2 N–H and O–H groups in total. The number of aromatic amines is 1. The predicted molar refractivity (Wildman–Crippen MR) is 85.2 cm³/mol. The summed E-state index contributed by atoms with van der Waals surface area (Å²) < 4.78 is 5.40. The predicted octanol–water partition coefficient (Wildman–Crippen LogP) is 2.21. The minimum absolute atomic E-state index is 0.129. The van der Waals surface area contributed by atoms with Gasteiger partial charge in [-0.1, -0.05) is 18.5 Å². The van der Waals surface area contributed by atoms with Gasteiger partial charge in [0.1, 0.15) is 0 Å². The lowest BCUT2D eigenvalue weighted by molar-refractivity contribution is 0.0345. The number of nitrogens with zero attached hydrogens (tertiary/aromatic N) is 3.